The highest BCUT2D eigenvalue weighted by molar-refractivity contribution is 5.93. The lowest BCUT2D eigenvalue weighted by Crippen LogP contribution is -2.46. The van der Waals surface area contributed by atoms with E-state index in [-0.39, 0.29) is 17.4 Å². The van der Waals surface area contributed by atoms with Gasteiger partial charge in [-0.15, -0.1) is 0 Å². The minimum absolute atomic E-state index is 0.0790. The second kappa shape index (κ2) is 5.87. The number of rotatable bonds is 2. The highest BCUT2D eigenvalue weighted by Crippen LogP contribution is 2.17. The Morgan fingerprint density at radius 2 is 2.25 bits per heavy atom. The van der Waals surface area contributed by atoms with Crippen molar-refractivity contribution in [1.82, 2.24) is 4.90 Å². The largest absolute Gasteiger partial charge is 0.478 e. The maximum Gasteiger partial charge on any atom is 0.335 e. The van der Waals surface area contributed by atoms with E-state index in [1.807, 2.05) is 6.92 Å². The van der Waals surface area contributed by atoms with E-state index in [4.69, 9.17) is 9.84 Å². The van der Waals surface area contributed by atoms with E-state index >= 15 is 0 Å². The highest BCUT2D eigenvalue weighted by Gasteiger charge is 2.22. The number of carboxylic acids is 1. The van der Waals surface area contributed by atoms with Gasteiger partial charge in [-0.2, -0.15) is 0 Å². The van der Waals surface area contributed by atoms with E-state index in [1.54, 1.807) is 0 Å². The van der Waals surface area contributed by atoms with Crippen LogP contribution in [0.5, 0.6) is 0 Å². The van der Waals surface area contributed by atoms with Crippen molar-refractivity contribution < 1.29 is 23.8 Å². The molecule has 1 unspecified atom stereocenters. The number of carbonyl (C=O) groups excluding carboxylic acids is 1. The molecular weight excluding hydrogens is 267 g/mol. The molecule has 7 heteroatoms. The van der Waals surface area contributed by atoms with Crippen molar-refractivity contribution in [3.8, 4) is 0 Å². The number of benzene rings is 1. The van der Waals surface area contributed by atoms with Crippen LogP contribution < -0.4 is 5.32 Å². The Labute approximate surface area is 115 Å². The number of nitrogens with one attached hydrogen (secondary N) is 1. The van der Waals surface area contributed by atoms with Gasteiger partial charge < -0.3 is 20.1 Å². The van der Waals surface area contributed by atoms with Gasteiger partial charge in [0.2, 0.25) is 0 Å². The first-order valence-corrected chi connectivity index (χ1v) is 6.17. The fraction of sp³-hybridized carbons (Fsp3) is 0.385. The molecule has 1 aliphatic heterocycles. The molecule has 1 heterocycles. The molecule has 1 aliphatic rings. The van der Waals surface area contributed by atoms with Crippen molar-refractivity contribution in [1.29, 1.82) is 0 Å². The van der Waals surface area contributed by atoms with Crippen LogP contribution in [-0.4, -0.2) is 47.8 Å². The fourth-order valence-electron chi connectivity index (χ4n) is 1.95. The Hall–Kier alpha value is -2.15. The molecular formula is C13H15FN2O4. The highest BCUT2D eigenvalue weighted by atomic mass is 19.1. The van der Waals surface area contributed by atoms with Crippen molar-refractivity contribution in [2.75, 3.05) is 25.0 Å². The Balaban J connectivity index is 2.10. The quantitative estimate of drug-likeness (QED) is 0.866. The third-order valence-electron chi connectivity index (χ3n) is 2.98. The first-order chi connectivity index (χ1) is 9.47. The third kappa shape index (κ3) is 3.24. The molecule has 0 aliphatic carbocycles. The number of halogens is 1. The zero-order chi connectivity index (χ0) is 14.7. The van der Waals surface area contributed by atoms with Gasteiger partial charge in [-0.3, -0.25) is 0 Å². The first kappa shape index (κ1) is 14.3. The molecule has 1 aromatic carbocycles. The number of nitrogens with zero attached hydrogens (tertiary/aromatic N) is 1. The van der Waals surface area contributed by atoms with Crippen LogP contribution in [0.15, 0.2) is 18.2 Å². The lowest BCUT2D eigenvalue weighted by atomic mass is 10.2. The zero-order valence-electron chi connectivity index (χ0n) is 10.9. The van der Waals surface area contributed by atoms with Crippen LogP contribution in [0, 0.1) is 5.82 Å². The maximum atomic E-state index is 13.6. The number of carboxylic acid groups (broad SMARTS) is 1. The number of anilines is 1. The van der Waals surface area contributed by atoms with Crippen LogP contribution in [0.4, 0.5) is 14.9 Å². The van der Waals surface area contributed by atoms with Crippen molar-refractivity contribution in [3.05, 3.63) is 29.6 Å². The van der Waals surface area contributed by atoms with E-state index < -0.39 is 17.8 Å². The molecule has 6 nitrogen and oxygen atoms in total. The van der Waals surface area contributed by atoms with Gasteiger partial charge in [-0.25, -0.2) is 14.0 Å². The number of urea groups is 1. The van der Waals surface area contributed by atoms with Crippen LogP contribution in [-0.2, 0) is 4.74 Å². The predicted molar refractivity (Wildman–Crippen MR) is 69.4 cm³/mol. The number of morpholine rings is 1. The van der Waals surface area contributed by atoms with Gasteiger partial charge in [-0.1, -0.05) is 0 Å². The average Bonchev–Trinajstić information content (AvgIpc) is 2.41. The molecule has 2 rings (SSSR count). The van der Waals surface area contributed by atoms with Crippen molar-refractivity contribution in [2.24, 2.45) is 0 Å². The summed E-state index contributed by atoms with van der Waals surface area (Å²) in [5.41, 5.74) is -0.230. The minimum Gasteiger partial charge on any atom is -0.478 e. The van der Waals surface area contributed by atoms with E-state index in [0.717, 1.165) is 18.2 Å². The molecule has 1 atom stereocenters. The summed E-state index contributed by atoms with van der Waals surface area (Å²) in [5, 5.41) is 11.2. The number of ether oxygens (including phenoxy) is 1. The van der Waals surface area contributed by atoms with Gasteiger partial charge in [0.05, 0.1) is 24.0 Å². The topological polar surface area (TPSA) is 78.9 Å². The van der Waals surface area contributed by atoms with E-state index in [9.17, 15) is 14.0 Å². The summed E-state index contributed by atoms with van der Waals surface area (Å²) in [5.74, 6) is -1.86. The second-order valence-corrected chi connectivity index (χ2v) is 4.56. The lowest BCUT2D eigenvalue weighted by Gasteiger charge is -2.31. The van der Waals surface area contributed by atoms with Gasteiger partial charge >= 0.3 is 12.0 Å². The number of amides is 2. The SMILES string of the molecule is CC1CN(C(=O)Nc2cc(C(=O)O)ccc2F)CCO1. The summed E-state index contributed by atoms with van der Waals surface area (Å²) in [6.45, 7) is 3.08. The smallest absolute Gasteiger partial charge is 0.335 e. The monoisotopic (exact) mass is 282 g/mol. The summed E-state index contributed by atoms with van der Waals surface area (Å²) in [7, 11) is 0. The normalized spacial score (nSPS) is 18.7. The fourth-order valence-corrected chi connectivity index (χ4v) is 1.95. The molecule has 1 aromatic rings. The van der Waals surface area contributed by atoms with E-state index in [0.29, 0.717) is 19.7 Å². The van der Waals surface area contributed by atoms with Gasteiger partial charge in [-0.05, 0) is 25.1 Å². The molecule has 108 valence electrons. The molecule has 0 aromatic heterocycles. The van der Waals surface area contributed by atoms with Crippen LogP contribution in [0.1, 0.15) is 17.3 Å². The summed E-state index contributed by atoms with van der Waals surface area (Å²) in [6, 6.07) is 2.78. The molecule has 0 bridgehead atoms. The summed E-state index contributed by atoms with van der Waals surface area (Å²) >= 11 is 0. The zero-order valence-corrected chi connectivity index (χ0v) is 10.9. The molecule has 20 heavy (non-hydrogen) atoms. The molecule has 2 N–H and O–H groups in total. The second-order valence-electron chi connectivity index (χ2n) is 4.56. The Morgan fingerprint density at radius 1 is 1.50 bits per heavy atom. The summed E-state index contributed by atoms with van der Waals surface area (Å²) in [4.78, 5) is 24.3. The summed E-state index contributed by atoms with van der Waals surface area (Å²) in [6.07, 6.45) is -0.0790. The number of aromatic carboxylic acids is 1. The van der Waals surface area contributed by atoms with Crippen LogP contribution in [0.25, 0.3) is 0 Å². The molecule has 2 amide bonds. The van der Waals surface area contributed by atoms with Crippen molar-refractivity contribution >= 4 is 17.7 Å². The molecule has 0 saturated carbocycles. The lowest BCUT2D eigenvalue weighted by molar-refractivity contribution is -0.00139. The minimum atomic E-state index is -1.18. The Kier molecular flexibility index (Phi) is 4.19. The third-order valence-corrected chi connectivity index (χ3v) is 2.98. The Bertz CT molecular complexity index is 535. The van der Waals surface area contributed by atoms with Gasteiger partial charge in [0.1, 0.15) is 5.82 Å². The van der Waals surface area contributed by atoms with Crippen LogP contribution in [0.3, 0.4) is 0 Å². The molecule has 1 fully saturated rings. The molecule has 0 spiro atoms. The van der Waals surface area contributed by atoms with E-state index in [1.165, 1.54) is 4.90 Å². The first-order valence-electron chi connectivity index (χ1n) is 6.17. The number of carbonyl (C=O) groups is 2. The van der Waals surface area contributed by atoms with Crippen molar-refractivity contribution in [2.45, 2.75) is 13.0 Å². The average molecular weight is 282 g/mol. The Morgan fingerprint density at radius 3 is 2.90 bits per heavy atom. The van der Waals surface area contributed by atoms with Gasteiger partial charge in [0.15, 0.2) is 0 Å². The van der Waals surface area contributed by atoms with E-state index in [2.05, 4.69) is 5.32 Å². The van der Waals surface area contributed by atoms with Crippen LogP contribution >= 0.6 is 0 Å². The predicted octanol–water partition coefficient (Wildman–Crippen LogP) is 1.78. The number of hydrogen-bond acceptors (Lipinski definition) is 3. The van der Waals surface area contributed by atoms with Crippen molar-refractivity contribution in [3.63, 3.8) is 0 Å². The summed E-state index contributed by atoms with van der Waals surface area (Å²) < 4.78 is 18.9. The van der Waals surface area contributed by atoms with Crippen LogP contribution in [0.2, 0.25) is 0 Å². The maximum absolute atomic E-state index is 13.6. The molecule has 0 radical (unpaired) electrons. The van der Waals surface area contributed by atoms with Gasteiger partial charge in [0, 0.05) is 13.1 Å². The standard InChI is InChI=1S/C13H15FN2O4/c1-8-7-16(4-5-20-8)13(19)15-11-6-9(12(17)18)2-3-10(11)14/h2-3,6,8H,4-5,7H2,1H3,(H,15,19)(H,17,18). The van der Waals surface area contributed by atoms with Gasteiger partial charge in [0.25, 0.3) is 0 Å². The number of hydrogen-bond donors (Lipinski definition) is 2. The molecule has 1 saturated heterocycles.